The van der Waals surface area contributed by atoms with Crippen molar-refractivity contribution >= 4 is 23.4 Å². The number of carbonyl (C=O) groups is 2. The molecule has 0 aliphatic rings. The van der Waals surface area contributed by atoms with Gasteiger partial charge in [0.15, 0.2) is 11.5 Å². The van der Waals surface area contributed by atoms with Crippen molar-refractivity contribution in [2.24, 2.45) is 0 Å². The second-order valence-corrected chi connectivity index (χ2v) is 6.26. The molecular weight excluding hydrogens is 368 g/mol. The van der Waals surface area contributed by atoms with Gasteiger partial charge in [-0.15, -0.1) is 0 Å². The Hall–Kier alpha value is -2.73. The van der Waals surface area contributed by atoms with E-state index in [1.165, 1.54) is 21.1 Å². The summed E-state index contributed by atoms with van der Waals surface area (Å²) in [6.07, 6.45) is 0. The smallest absolute Gasteiger partial charge is 0.251 e. The zero-order valence-electron chi connectivity index (χ0n) is 15.6. The summed E-state index contributed by atoms with van der Waals surface area (Å²) < 4.78 is 10.4. The number of hydrogen-bond donors (Lipinski definition) is 1. The Labute approximate surface area is 164 Å². The van der Waals surface area contributed by atoms with Gasteiger partial charge in [-0.2, -0.15) is 0 Å². The molecule has 2 rings (SSSR count). The van der Waals surface area contributed by atoms with Crippen molar-refractivity contribution in [3.05, 3.63) is 58.6 Å². The van der Waals surface area contributed by atoms with Crippen LogP contribution in [0.4, 0.5) is 0 Å². The van der Waals surface area contributed by atoms with E-state index in [4.69, 9.17) is 21.1 Å². The number of methoxy groups -OCH3 is 2. The molecular formula is C20H23ClN2O4. The Morgan fingerprint density at radius 1 is 1.07 bits per heavy atom. The maximum absolute atomic E-state index is 12.3. The number of hydrogen-bond acceptors (Lipinski definition) is 4. The monoisotopic (exact) mass is 390 g/mol. The van der Waals surface area contributed by atoms with Crippen LogP contribution in [0.3, 0.4) is 0 Å². The van der Waals surface area contributed by atoms with E-state index in [1.807, 2.05) is 18.2 Å². The molecule has 0 saturated carbocycles. The van der Waals surface area contributed by atoms with Gasteiger partial charge in [-0.25, -0.2) is 0 Å². The lowest BCUT2D eigenvalue weighted by atomic mass is 10.2. The molecule has 2 amide bonds. The molecule has 0 unspecified atom stereocenters. The summed E-state index contributed by atoms with van der Waals surface area (Å²) in [5.41, 5.74) is 1.31. The molecule has 27 heavy (non-hydrogen) atoms. The maximum atomic E-state index is 12.3. The molecule has 0 spiro atoms. The van der Waals surface area contributed by atoms with Crippen LogP contribution in [-0.2, 0) is 11.3 Å². The van der Waals surface area contributed by atoms with Crippen molar-refractivity contribution in [3.63, 3.8) is 0 Å². The van der Waals surface area contributed by atoms with E-state index in [0.29, 0.717) is 41.7 Å². The Kier molecular flexibility index (Phi) is 7.49. The van der Waals surface area contributed by atoms with Crippen LogP contribution in [0.5, 0.6) is 11.5 Å². The zero-order chi connectivity index (χ0) is 19.8. The predicted octanol–water partition coefficient (Wildman–Crippen LogP) is 3.14. The average Bonchev–Trinajstić information content (AvgIpc) is 2.67. The normalized spacial score (nSPS) is 10.2. The predicted molar refractivity (Wildman–Crippen MR) is 104 cm³/mol. The molecule has 0 bridgehead atoms. The Morgan fingerprint density at radius 2 is 1.78 bits per heavy atom. The van der Waals surface area contributed by atoms with Crippen LogP contribution in [0.25, 0.3) is 0 Å². The molecule has 0 radical (unpaired) electrons. The third-order valence-electron chi connectivity index (χ3n) is 4.08. The minimum Gasteiger partial charge on any atom is -0.493 e. The number of amides is 2. The van der Waals surface area contributed by atoms with Gasteiger partial charge in [0, 0.05) is 37.1 Å². The van der Waals surface area contributed by atoms with Gasteiger partial charge in [-0.05, 0) is 29.8 Å². The number of ether oxygens (including phenoxy) is 2. The molecule has 0 saturated heterocycles. The molecule has 2 aromatic carbocycles. The van der Waals surface area contributed by atoms with Gasteiger partial charge >= 0.3 is 0 Å². The van der Waals surface area contributed by atoms with Crippen molar-refractivity contribution in [1.29, 1.82) is 0 Å². The van der Waals surface area contributed by atoms with Crippen LogP contribution in [0, 0.1) is 0 Å². The highest BCUT2D eigenvalue weighted by atomic mass is 35.5. The number of rotatable bonds is 8. The highest BCUT2D eigenvalue weighted by molar-refractivity contribution is 6.31. The first-order valence-corrected chi connectivity index (χ1v) is 8.83. The fraction of sp³-hybridized carbons (Fsp3) is 0.300. The number of halogens is 1. The molecule has 0 aliphatic heterocycles. The molecule has 0 fully saturated rings. The number of benzene rings is 2. The van der Waals surface area contributed by atoms with Crippen molar-refractivity contribution < 1.29 is 19.1 Å². The van der Waals surface area contributed by atoms with E-state index < -0.39 is 0 Å². The third-order valence-corrected chi connectivity index (χ3v) is 4.45. The second-order valence-electron chi connectivity index (χ2n) is 5.86. The topological polar surface area (TPSA) is 67.9 Å². The summed E-state index contributed by atoms with van der Waals surface area (Å²) in [7, 11) is 3.05. The van der Waals surface area contributed by atoms with Crippen LogP contribution < -0.4 is 14.8 Å². The van der Waals surface area contributed by atoms with E-state index >= 15 is 0 Å². The van der Waals surface area contributed by atoms with Crippen LogP contribution in [-0.4, -0.2) is 44.0 Å². The summed E-state index contributed by atoms with van der Waals surface area (Å²) in [4.78, 5) is 25.9. The van der Waals surface area contributed by atoms with Crippen LogP contribution in [0.1, 0.15) is 22.8 Å². The van der Waals surface area contributed by atoms with Gasteiger partial charge in [0.2, 0.25) is 5.91 Å². The number of nitrogens with one attached hydrogen (secondary N) is 1. The molecule has 0 heterocycles. The number of carbonyl (C=O) groups excluding carboxylic acids is 2. The zero-order valence-corrected chi connectivity index (χ0v) is 16.4. The fourth-order valence-corrected chi connectivity index (χ4v) is 2.76. The van der Waals surface area contributed by atoms with Gasteiger partial charge in [-0.1, -0.05) is 29.8 Å². The van der Waals surface area contributed by atoms with Crippen LogP contribution >= 0.6 is 11.6 Å². The van der Waals surface area contributed by atoms with E-state index in [2.05, 4.69) is 5.32 Å². The largest absolute Gasteiger partial charge is 0.493 e. The lowest BCUT2D eigenvalue weighted by Crippen LogP contribution is -2.37. The first kappa shape index (κ1) is 20.6. The molecule has 2 aromatic rings. The molecule has 0 aromatic heterocycles. The second kappa shape index (κ2) is 9.83. The Bertz CT molecular complexity index is 810. The fourth-order valence-electron chi connectivity index (χ4n) is 2.56. The van der Waals surface area contributed by atoms with Crippen molar-refractivity contribution in [2.75, 3.05) is 27.3 Å². The van der Waals surface area contributed by atoms with Crippen molar-refractivity contribution in [1.82, 2.24) is 10.2 Å². The minimum absolute atomic E-state index is 0.0877. The van der Waals surface area contributed by atoms with Crippen LogP contribution in [0.2, 0.25) is 5.02 Å². The van der Waals surface area contributed by atoms with Gasteiger partial charge in [0.05, 0.1) is 14.2 Å². The van der Waals surface area contributed by atoms with Gasteiger partial charge in [-0.3, -0.25) is 9.59 Å². The molecule has 0 aliphatic carbocycles. The quantitative estimate of drug-likeness (QED) is 0.751. The Balaban J connectivity index is 1.95. The van der Waals surface area contributed by atoms with E-state index in [0.717, 1.165) is 5.56 Å². The van der Waals surface area contributed by atoms with E-state index in [1.54, 1.807) is 29.2 Å². The van der Waals surface area contributed by atoms with Crippen molar-refractivity contribution in [3.8, 4) is 11.5 Å². The van der Waals surface area contributed by atoms with Crippen LogP contribution in [0.15, 0.2) is 42.5 Å². The lowest BCUT2D eigenvalue weighted by Gasteiger charge is -2.22. The molecule has 0 atom stereocenters. The lowest BCUT2D eigenvalue weighted by molar-refractivity contribution is -0.129. The SMILES string of the molecule is COc1ccc(C(=O)NCCN(Cc2ccccc2Cl)C(C)=O)cc1OC. The number of nitrogens with zero attached hydrogens (tertiary/aromatic N) is 1. The summed E-state index contributed by atoms with van der Waals surface area (Å²) in [5.74, 6) is 0.693. The van der Waals surface area contributed by atoms with E-state index in [9.17, 15) is 9.59 Å². The first-order valence-electron chi connectivity index (χ1n) is 8.45. The van der Waals surface area contributed by atoms with Crippen molar-refractivity contribution in [2.45, 2.75) is 13.5 Å². The Morgan fingerprint density at radius 3 is 2.41 bits per heavy atom. The van der Waals surface area contributed by atoms with Gasteiger partial charge in [0.25, 0.3) is 5.91 Å². The highest BCUT2D eigenvalue weighted by Gasteiger charge is 2.13. The highest BCUT2D eigenvalue weighted by Crippen LogP contribution is 2.27. The summed E-state index contributed by atoms with van der Waals surface area (Å²) in [6, 6.07) is 12.3. The summed E-state index contributed by atoms with van der Waals surface area (Å²) >= 11 is 6.16. The van der Waals surface area contributed by atoms with Gasteiger partial charge in [0.1, 0.15) is 0 Å². The first-order chi connectivity index (χ1) is 13.0. The molecule has 6 nitrogen and oxygen atoms in total. The minimum atomic E-state index is -0.253. The average molecular weight is 391 g/mol. The summed E-state index contributed by atoms with van der Waals surface area (Å²) in [5, 5.41) is 3.42. The summed E-state index contributed by atoms with van der Waals surface area (Å²) in [6.45, 7) is 2.57. The standard InChI is InChI=1S/C20H23ClN2O4/c1-14(24)23(13-16-6-4-5-7-17(16)21)11-10-22-20(25)15-8-9-18(26-2)19(12-15)27-3/h4-9,12H,10-11,13H2,1-3H3,(H,22,25). The molecule has 144 valence electrons. The molecule has 7 heteroatoms. The van der Waals surface area contributed by atoms with E-state index in [-0.39, 0.29) is 11.8 Å². The maximum Gasteiger partial charge on any atom is 0.251 e. The van der Waals surface area contributed by atoms with Gasteiger partial charge < -0.3 is 19.7 Å². The molecule has 1 N–H and O–H groups in total. The third kappa shape index (κ3) is 5.62.